The number of hydrogen-bond donors (Lipinski definition) is 1. The molecule has 2 saturated heterocycles. The van der Waals surface area contributed by atoms with E-state index in [1.54, 1.807) is 0 Å². The molecule has 2 aromatic carbocycles. The first kappa shape index (κ1) is 21.2. The summed E-state index contributed by atoms with van der Waals surface area (Å²) in [5.41, 5.74) is 6.43. The Balaban J connectivity index is 1.46. The van der Waals surface area contributed by atoms with Crippen molar-refractivity contribution in [1.82, 2.24) is 4.90 Å². The lowest BCUT2D eigenvalue weighted by Gasteiger charge is -2.42. The number of rotatable bonds is 7. The van der Waals surface area contributed by atoms with Crippen molar-refractivity contribution in [2.24, 2.45) is 0 Å². The smallest absolute Gasteiger partial charge is 0.131 e. The second-order valence-corrected chi connectivity index (χ2v) is 8.64. The van der Waals surface area contributed by atoms with E-state index in [2.05, 4.69) is 71.4 Å². The van der Waals surface area contributed by atoms with Crippen LogP contribution in [0.1, 0.15) is 50.7 Å². The lowest BCUT2D eigenvalue weighted by Crippen LogP contribution is -2.50. The minimum Gasteiger partial charge on any atom is -0.362 e. The molecule has 0 amide bonds. The zero-order chi connectivity index (χ0) is 20.9. The number of para-hydroxylation sites is 1. The Labute approximate surface area is 182 Å². The number of nitrogens with zero attached hydrogens (tertiary/aromatic N) is 2. The third kappa shape index (κ3) is 4.50. The van der Waals surface area contributed by atoms with E-state index in [1.165, 1.54) is 54.9 Å². The summed E-state index contributed by atoms with van der Waals surface area (Å²) in [4.78, 5) is 5.11. The molecule has 1 N–H and O–H groups in total. The summed E-state index contributed by atoms with van der Waals surface area (Å²) in [6.07, 6.45) is 7.27. The van der Waals surface area contributed by atoms with Gasteiger partial charge in [-0.1, -0.05) is 32.0 Å². The van der Waals surface area contributed by atoms with Gasteiger partial charge in [-0.2, -0.15) is 0 Å². The highest BCUT2D eigenvalue weighted by Gasteiger charge is 2.32. The maximum absolute atomic E-state index is 5.92. The molecule has 0 saturated carbocycles. The number of ether oxygens (including phenoxy) is 1. The van der Waals surface area contributed by atoms with Gasteiger partial charge in [-0.3, -0.25) is 0 Å². The Morgan fingerprint density at radius 2 is 1.60 bits per heavy atom. The normalized spacial score (nSPS) is 22.4. The Morgan fingerprint density at radius 3 is 2.20 bits per heavy atom. The van der Waals surface area contributed by atoms with Crippen molar-refractivity contribution in [3.8, 4) is 0 Å². The molecule has 4 heteroatoms. The van der Waals surface area contributed by atoms with Crippen molar-refractivity contribution in [2.75, 3.05) is 37.0 Å². The van der Waals surface area contributed by atoms with Crippen molar-refractivity contribution in [1.29, 1.82) is 0 Å². The zero-order valence-corrected chi connectivity index (χ0v) is 18.9. The molecule has 0 bridgehead atoms. The summed E-state index contributed by atoms with van der Waals surface area (Å²) >= 11 is 0. The number of benzene rings is 2. The summed E-state index contributed by atoms with van der Waals surface area (Å²) in [6, 6.07) is 16.2. The third-order valence-electron chi connectivity index (χ3n) is 6.92. The number of likely N-dealkylation sites (tertiary alicyclic amines) is 1. The van der Waals surface area contributed by atoms with E-state index in [4.69, 9.17) is 4.74 Å². The molecule has 4 nitrogen and oxygen atoms in total. The van der Waals surface area contributed by atoms with Gasteiger partial charge in [0.1, 0.15) is 6.23 Å². The molecule has 0 spiro atoms. The average molecular weight is 408 g/mol. The Bertz CT molecular complexity index is 791. The van der Waals surface area contributed by atoms with Crippen molar-refractivity contribution in [3.05, 3.63) is 53.6 Å². The second-order valence-electron chi connectivity index (χ2n) is 8.64. The van der Waals surface area contributed by atoms with Gasteiger partial charge in [-0.05, 0) is 80.6 Å². The molecule has 0 aromatic heterocycles. The standard InChI is InChI=1S/C26H37N3O/c1-4-20-9-8-10-21(5-2)26(20)27-22-11-13-23(14-12-22)29-18-15-24(19-25(29)30-3)28-16-6-7-17-28/h8-14,24-25,27H,4-7,15-19H2,1-3H3. The maximum atomic E-state index is 5.92. The zero-order valence-electron chi connectivity index (χ0n) is 18.9. The van der Waals surface area contributed by atoms with E-state index >= 15 is 0 Å². The Hall–Kier alpha value is -2.04. The Morgan fingerprint density at radius 1 is 0.933 bits per heavy atom. The van der Waals surface area contributed by atoms with Crippen LogP contribution in [0.4, 0.5) is 17.1 Å². The van der Waals surface area contributed by atoms with E-state index in [1.807, 2.05) is 7.11 Å². The van der Waals surface area contributed by atoms with Crippen molar-refractivity contribution >= 4 is 17.1 Å². The number of hydrogen-bond acceptors (Lipinski definition) is 4. The van der Waals surface area contributed by atoms with Crippen LogP contribution in [0.2, 0.25) is 0 Å². The van der Waals surface area contributed by atoms with Crippen molar-refractivity contribution < 1.29 is 4.74 Å². The topological polar surface area (TPSA) is 27.7 Å². The molecule has 2 aliphatic rings. The first-order valence-electron chi connectivity index (χ1n) is 11.7. The molecular weight excluding hydrogens is 370 g/mol. The predicted octanol–water partition coefficient (Wildman–Crippen LogP) is 5.59. The summed E-state index contributed by atoms with van der Waals surface area (Å²) < 4.78 is 5.92. The molecule has 4 rings (SSSR count). The van der Waals surface area contributed by atoms with Gasteiger partial charge in [0, 0.05) is 43.2 Å². The molecule has 2 heterocycles. The van der Waals surface area contributed by atoms with E-state index in [-0.39, 0.29) is 6.23 Å². The molecule has 2 aliphatic heterocycles. The van der Waals surface area contributed by atoms with Crippen LogP contribution in [0.3, 0.4) is 0 Å². The minimum absolute atomic E-state index is 0.163. The van der Waals surface area contributed by atoms with Crippen LogP contribution in [0.15, 0.2) is 42.5 Å². The maximum Gasteiger partial charge on any atom is 0.131 e. The van der Waals surface area contributed by atoms with Gasteiger partial charge in [0.2, 0.25) is 0 Å². The number of anilines is 3. The largest absolute Gasteiger partial charge is 0.362 e. The minimum atomic E-state index is 0.163. The van der Waals surface area contributed by atoms with Gasteiger partial charge < -0.3 is 19.9 Å². The van der Waals surface area contributed by atoms with Crippen LogP contribution >= 0.6 is 0 Å². The second kappa shape index (κ2) is 9.84. The molecule has 0 aliphatic carbocycles. The van der Waals surface area contributed by atoms with Crippen LogP contribution in [0.25, 0.3) is 0 Å². The van der Waals surface area contributed by atoms with E-state index in [9.17, 15) is 0 Å². The molecule has 2 fully saturated rings. The predicted molar refractivity (Wildman–Crippen MR) is 127 cm³/mol. The van der Waals surface area contributed by atoms with Gasteiger partial charge in [-0.15, -0.1) is 0 Å². The molecule has 0 radical (unpaired) electrons. The number of nitrogens with one attached hydrogen (secondary N) is 1. The van der Waals surface area contributed by atoms with Crippen molar-refractivity contribution in [3.63, 3.8) is 0 Å². The van der Waals surface area contributed by atoms with E-state index < -0.39 is 0 Å². The van der Waals surface area contributed by atoms with Gasteiger partial charge in [0.05, 0.1) is 0 Å². The fourth-order valence-corrected chi connectivity index (χ4v) is 5.15. The van der Waals surface area contributed by atoms with Crippen LogP contribution < -0.4 is 10.2 Å². The van der Waals surface area contributed by atoms with Gasteiger partial charge in [-0.25, -0.2) is 0 Å². The number of aryl methyl sites for hydroxylation is 2. The summed E-state index contributed by atoms with van der Waals surface area (Å²) in [5, 5.41) is 3.69. The van der Waals surface area contributed by atoms with Crippen molar-refractivity contribution in [2.45, 2.75) is 64.6 Å². The Kier molecular flexibility index (Phi) is 6.96. The third-order valence-corrected chi connectivity index (χ3v) is 6.92. The van der Waals surface area contributed by atoms with Crippen LogP contribution in [-0.2, 0) is 17.6 Å². The SMILES string of the molecule is CCc1cccc(CC)c1Nc1ccc(N2CCC(N3CCCC3)CC2OC)cc1. The lowest BCUT2D eigenvalue weighted by atomic mass is 10.0. The number of methoxy groups -OCH3 is 1. The number of piperidine rings is 1. The van der Waals surface area contributed by atoms with E-state index in [0.29, 0.717) is 6.04 Å². The molecule has 2 unspecified atom stereocenters. The van der Waals surface area contributed by atoms with E-state index in [0.717, 1.165) is 31.5 Å². The molecule has 2 aromatic rings. The molecule has 2 atom stereocenters. The first-order chi connectivity index (χ1) is 14.7. The summed E-state index contributed by atoms with van der Waals surface area (Å²) in [7, 11) is 1.86. The molecular formula is C26H37N3O. The molecule has 162 valence electrons. The highest BCUT2D eigenvalue weighted by molar-refractivity contribution is 5.68. The first-order valence-corrected chi connectivity index (χ1v) is 11.7. The quantitative estimate of drug-likeness (QED) is 0.647. The van der Waals surface area contributed by atoms with Gasteiger partial charge in [0.15, 0.2) is 0 Å². The van der Waals surface area contributed by atoms with Gasteiger partial charge >= 0.3 is 0 Å². The lowest BCUT2D eigenvalue weighted by molar-refractivity contribution is 0.0425. The summed E-state index contributed by atoms with van der Waals surface area (Å²) in [6.45, 7) is 8.03. The monoisotopic (exact) mass is 407 g/mol. The van der Waals surface area contributed by atoms with Crippen LogP contribution in [-0.4, -0.2) is 43.9 Å². The average Bonchev–Trinajstić information content (AvgIpc) is 3.34. The molecule has 30 heavy (non-hydrogen) atoms. The highest BCUT2D eigenvalue weighted by atomic mass is 16.5. The fourth-order valence-electron chi connectivity index (χ4n) is 5.15. The van der Waals surface area contributed by atoms with Gasteiger partial charge in [0.25, 0.3) is 0 Å². The van der Waals surface area contributed by atoms with Crippen LogP contribution in [0.5, 0.6) is 0 Å². The summed E-state index contributed by atoms with van der Waals surface area (Å²) in [5.74, 6) is 0. The fraction of sp³-hybridized carbons (Fsp3) is 0.538. The highest BCUT2D eigenvalue weighted by Crippen LogP contribution is 2.32. The van der Waals surface area contributed by atoms with Crippen LogP contribution in [0, 0.1) is 0 Å².